The molecule has 1 aromatic heterocycles. The lowest BCUT2D eigenvalue weighted by molar-refractivity contribution is 0.0891. The van der Waals surface area contributed by atoms with E-state index < -0.39 is 0 Å². The Labute approximate surface area is 133 Å². The zero-order chi connectivity index (χ0) is 16.4. The van der Waals surface area contributed by atoms with Crippen LogP contribution in [0.1, 0.15) is 51.4 Å². The van der Waals surface area contributed by atoms with E-state index in [0.29, 0.717) is 5.56 Å². The van der Waals surface area contributed by atoms with Gasteiger partial charge in [-0.05, 0) is 62.1 Å². The largest absolute Gasteiger partial charge is 0.347 e. The van der Waals surface area contributed by atoms with Crippen LogP contribution in [0, 0.1) is 5.41 Å². The Hall–Kier alpha value is -2.03. The minimum Gasteiger partial charge on any atom is -0.347 e. The van der Waals surface area contributed by atoms with Crippen molar-refractivity contribution in [1.82, 2.24) is 9.88 Å². The van der Waals surface area contributed by atoms with E-state index in [-0.39, 0.29) is 16.9 Å². The number of carbonyl (C=O) groups excluding carboxylic acids is 1. The Bertz CT molecular complexity index is 616. The van der Waals surface area contributed by atoms with Crippen LogP contribution in [0.25, 0.3) is 5.69 Å². The van der Waals surface area contributed by atoms with Gasteiger partial charge >= 0.3 is 0 Å². The van der Waals surface area contributed by atoms with Gasteiger partial charge in [-0.15, -0.1) is 0 Å². The first-order valence-corrected chi connectivity index (χ1v) is 7.72. The fourth-order valence-electron chi connectivity index (χ4n) is 3.04. The van der Waals surface area contributed by atoms with Crippen LogP contribution in [0.5, 0.6) is 0 Å². The molecule has 3 heteroatoms. The molecule has 1 N–H and O–H groups in total. The number of nitrogens with zero attached hydrogens (tertiary/aromatic N) is 1. The van der Waals surface area contributed by atoms with E-state index in [0.717, 1.165) is 12.1 Å². The number of rotatable bonds is 4. The van der Waals surface area contributed by atoms with Crippen molar-refractivity contribution in [2.24, 2.45) is 5.41 Å². The van der Waals surface area contributed by atoms with Crippen molar-refractivity contribution >= 4 is 5.91 Å². The Balaban J connectivity index is 2.07. The summed E-state index contributed by atoms with van der Waals surface area (Å²) < 4.78 is 2.02. The van der Waals surface area contributed by atoms with Gasteiger partial charge in [0.15, 0.2) is 0 Å². The quantitative estimate of drug-likeness (QED) is 0.890. The van der Waals surface area contributed by atoms with E-state index in [1.807, 2.05) is 53.4 Å². The first kappa shape index (κ1) is 16.3. The highest BCUT2D eigenvalue weighted by atomic mass is 16.1. The van der Waals surface area contributed by atoms with Crippen LogP contribution in [0.15, 0.2) is 48.8 Å². The number of aromatic nitrogens is 1. The summed E-state index contributed by atoms with van der Waals surface area (Å²) in [5, 5.41) is 3.14. The third kappa shape index (κ3) is 4.48. The molecular formula is C19H26N2O. The standard InChI is InChI=1S/C19H26N2O/c1-18(2,3)14-19(4,5)20-17(22)15-8-10-16(11-9-15)21-12-6-7-13-21/h6-13H,14H2,1-5H3,(H,20,22). The molecule has 0 bridgehead atoms. The maximum atomic E-state index is 12.4. The van der Waals surface area contributed by atoms with Crippen molar-refractivity contribution in [2.75, 3.05) is 0 Å². The summed E-state index contributed by atoms with van der Waals surface area (Å²) in [7, 11) is 0. The summed E-state index contributed by atoms with van der Waals surface area (Å²) in [4.78, 5) is 12.4. The molecule has 0 saturated heterocycles. The van der Waals surface area contributed by atoms with Crippen molar-refractivity contribution < 1.29 is 4.79 Å². The predicted octanol–water partition coefficient (Wildman–Crippen LogP) is 4.42. The van der Waals surface area contributed by atoms with E-state index in [1.165, 1.54) is 0 Å². The number of benzene rings is 1. The van der Waals surface area contributed by atoms with Gasteiger partial charge in [0, 0.05) is 29.2 Å². The van der Waals surface area contributed by atoms with Crippen molar-refractivity contribution in [3.05, 3.63) is 54.4 Å². The van der Waals surface area contributed by atoms with Crippen LogP contribution in [0.2, 0.25) is 0 Å². The molecule has 0 aliphatic carbocycles. The molecule has 0 aliphatic rings. The van der Waals surface area contributed by atoms with Gasteiger partial charge < -0.3 is 9.88 Å². The molecule has 0 unspecified atom stereocenters. The molecule has 0 radical (unpaired) electrons. The van der Waals surface area contributed by atoms with Gasteiger partial charge in [0.25, 0.3) is 5.91 Å². The molecule has 118 valence electrons. The van der Waals surface area contributed by atoms with Crippen molar-refractivity contribution in [1.29, 1.82) is 0 Å². The van der Waals surface area contributed by atoms with Gasteiger partial charge in [-0.25, -0.2) is 0 Å². The van der Waals surface area contributed by atoms with E-state index in [1.54, 1.807) is 0 Å². The molecule has 1 heterocycles. The van der Waals surface area contributed by atoms with Crippen LogP contribution in [-0.4, -0.2) is 16.0 Å². The van der Waals surface area contributed by atoms with Crippen LogP contribution in [0.4, 0.5) is 0 Å². The van der Waals surface area contributed by atoms with Crippen LogP contribution in [0.3, 0.4) is 0 Å². The number of hydrogen-bond acceptors (Lipinski definition) is 1. The number of carbonyl (C=O) groups is 1. The molecule has 0 saturated carbocycles. The number of nitrogens with one attached hydrogen (secondary N) is 1. The van der Waals surface area contributed by atoms with Crippen LogP contribution < -0.4 is 5.32 Å². The molecule has 0 atom stereocenters. The summed E-state index contributed by atoms with van der Waals surface area (Å²) in [6, 6.07) is 11.6. The number of hydrogen-bond donors (Lipinski definition) is 1. The maximum absolute atomic E-state index is 12.4. The van der Waals surface area contributed by atoms with Gasteiger partial charge in [0.05, 0.1) is 0 Å². The molecule has 0 aliphatic heterocycles. The molecular weight excluding hydrogens is 272 g/mol. The highest BCUT2D eigenvalue weighted by Gasteiger charge is 2.27. The first-order valence-electron chi connectivity index (χ1n) is 7.72. The second-order valence-electron chi connectivity index (χ2n) is 7.71. The summed E-state index contributed by atoms with van der Waals surface area (Å²) in [5.74, 6) is -0.0201. The third-order valence-corrected chi connectivity index (χ3v) is 3.46. The van der Waals surface area contributed by atoms with Gasteiger partial charge in [-0.1, -0.05) is 20.8 Å². The van der Waals surface area contributed by atoms with Crippen LogP contribution >= 0.6 is 0 Å². The zero-order valence-electron chi connectivity index (χ0n) is 14.2. The summed E-state index contributed by atoms with van der Waals surface area (Å²) in [5.41, 5.74) is 1.69. The van der Waals surface area contributed by atoms with Gasteiger partial charge in [-0.2, -0.15) is 0 Å². The molecule has 22 heavy (non-hydrogen) atoms. The molecule has 1 aromatic carbocycles. The van der Waals surface area contributed by atoms with E-state index >= 15 is 0 Å². The minimum absolute atomic E-state index is 0.0201. The first-order chi connectivity index (χ1) is 10.2. The average Bonchev–Trinajstić information content (AvgIpc) is 2.89. The Morgan fingerprint density at radius 1 is 1.00 bits per heavy atom. The lowest BCUT2D eigenvalue weighted by Crippen LogP contribution is -2.45. The molecule has 2 rings (SSSR count). The van der Waals surface area contributed by atoms with E-state index in [2.05, 4.69) is 39.9 Å². The lowest BCUT2D eigenvalue weighted by Gasteiger charge is -2.33. The van der Waals surface area contributed by atoms with Crippen molar-refractivity contribution in [2.45, 2.75) is 46.6 Å². The normalized spacial score (nSPS) is 12.2. The molecule has 2 aromatic rings. The summed E-state index contributed by atoms with van der Waals surface area (Å²) in [6.45, 7) is 10.7. The second kappa shape index (κ2) is 5.99. The minimum atomic E-state index is -0.228. The smallest absolute Gasteiger partial charge is 0.251 e. The zero-order valence-corrected chi connectivity index (χ0v) is 14.2. The second-order valence-corrected chi connectivity index (χ2v) is 7.71. The van der Waals surface area contributed by atoms with Gasteiger partial charge in [-0.3, -0.25) is 4.79 Å². The van der Waals surface area contributed by atoms with Crippen molar-refractivity contribution in [3.63, 3.8) is 0 Å². The SMILES string of the molecule is CC(C)(C)CC(C)(C)NC(=O)c1ccc(-n2cccc2)cc1. The topological polar surface area (TPSA) is 34.0 Å². The Morgan fingerprint density at radius 3 is 2.05 bits per heavy atom. The average molecular weight is 298 g/mol. The summed E-state index contributed by atoms with van der Waals surface area (Å²) in [6.07, 6.45) is 4.90. The Morgan fingerprint density at radius 2 is 1.55 bits per heavy atom. The molecule has 3 nitrogen and oxygen atoms in total. The highest BCUT2D eigenvalue weighted by Crippen LogP contribution is 2.27. The molecule has 0 fully saturated rings. The number of amides is 1. The monoisotopic (exact) mass is 298 g/mol. The third-order valence-electron chi connectivity index (χ3n) is 3.46. The van der Waals surface area contributed by atoms with Crippen molar-refractivity contribution in [3.8, 4) is 5.69 Å². The summed E-state index contributed by atoms with van der Waals surface area (Å²) >= 11 is 0. The predicted molar refractivity (Wildman–Crippen MR) is 91.4 cm³/mol. The van der Waals surface area contributed by atoms with E-state index in [4.69, 9.17) is 0 Å². The highest BCUT2D eigenvalue weighted by molar-refractivity contribution is 5.94. The molecule has 0 spiro atoms. The van der Waals surface area contributed by atoms with Gasteiger partial charge in [0.2, 0.25) is 0 Å². The maximum Gasteiger partial charge on any atom is 0.251 e. The molecule has 1 amide bonds. The lowest BCUT2D eigenvalue weighted by atomic mass is 9.81. The van der Waals surface area contributed by atoms with Crippen LogP contribution in [-0.2, 0) is 0 Å². The fourth-order valence-corrected chi connectivity index (χ4v) is 3.04. The van der Waals surface area contributed by atoms with E-state index in [9.17, 15) is 4.79 Å². The van der Waals surface area contributed by atoms with Gasteiger partial charge in [0.1, 0.15) is 0 Å². The fraction of sp³-hybridized carbons (Fsp3) is 0.421. The Kier molecular flexibility index (Phi) is 4.45.